The summed E-state index contributed by atoms with van der Waals surface area (Å²) >= 11 is 8.06. The number of benzene rings is 9. The molecule has 0 spiro atoms. The molecule has 0 aliphatic heterocycles. The second-order valence-electron chi connectivity index (χ2n) is 25.3. The van der Waals surface area contributed by atoms with E-state index in [0.717, 1.165) is 34.1 Å². The Hall–Kier alpha value is -7.53. The number of fused-ring (bicyclic) bond motifs is 12. The highest BCUT2D eigenvalue weighted by Crippen LogP contribution is 2.51. The average molecular weight is 998 g/mol. The normalized spacial score (nSPS) is 13.1. The molecule has 0 N–H and O–H groups in total. The molecule has 0 amide bonds. The zero-order valence-electron chi connectivity index (χ0n) is 45.4. The fourth-order valence-corrected chi connectivity index (χ4v) is 12.3. The Morgan fingerprint density at radius 3 is 1.00 bits per heavy atom. The number of hydrogen-bond donors (Lipinski definition) is 0. The third kappa shape index (κ3) is 7.31. The molecule has 0 bridgehead atoms. The van der Waals surface area contributed by atoms with Gasteiger partial charge in [-0.15, -0.1) is 0 Å². The molecule has 4 heterocycles. The molecule has 4 nitrogen and oxygen atoms in total. The molecule has 0 radical (unpaired) electrons. The number of rotatable bonds is 6. The van der Waals surface area contributed by atoms with Gasteiger partial charge in [0.25, 0.3) is 0 Å². The quantitative estimate of drug-likeness (QED) is 0.165. The van der Waals surface area contributed by atoms with Crippen molar-refractivity contribution in [1.82, 2.24) is 8.80 Å². The fraction of sp³-hybridized carbons (Fsp3) is 0.229. The highest BCUT2D eigenvalue weighted by Gasteiger charge is 2.29. The van der Waals surface area contributed by atoms with E-state index in [1.54, 1.807) is 0 Å². The van der Waals surface area contributed by atoms with Gasteiger partial charge in [-0.3, -0.25) is 0 Å². The first kappa shape index (κ1) is 47.2. The van der Waals surface area contributed by atoms with Crippen LogP contribution in [0.3, 0.4) is 0 Å². The molecule has 4 aromatic heterocycles. The van der Waals surface area contributed by atoms with Crippen molar-refractivity contribution in [3.63, 3.8) is 0 Å². The molecule has 13 aromatic rings. The summed E-state index contributed by atoms with van der Waals surface area (Å²) in [5.74, 6) is 0. The average Bonchev–Trinajstić information content (AvgIpc) is 4.16. The minimum absolute atomic E-state index is 0.0200. The summed E-state index contributed by atoms with van der Waals surface area (Å²) < 4.78 is 5.02. The molecule has 0 atom stereocenters. The van der Waals surface area contributed by atoms with E-state index < -0.39 is 0 Å². The molecule has 9 aromatic carbocycles. The smallest absolute Gasteiger partial charge is 0.0887 e. The van der Waals surface area contributed by atoms with Gasteiger partial charge >= 0.3 is 0 Å². The molecule has 0 aliphatic carbocycles. The van der Waals surface area contributed by atoms with Crippen molar-refractivity contribution in [2.45, 2.75) is 105 Å². The van der Waals surface area contributed by atoms with Gasteiger partial charge in [-0.25, -0.2) is 0 Å². The summed E-state index contributed by atoms with van der Waals surface area (Å²) in [5.41, 5.74) is 18.6. The van der Waals surface area contributed by atoms with Crippen LogP contribution in [0.5, 0.6) is 0 Å². The molecule has 5 heteroatoms. The number of aromatic nitrogens is 2. The van der Waals surface area contributed by atoms with Crippen molar-refractivity contribution in [3.8, 4) is 0 Å². The van der Waals surface area contributed by atoms with Crippen molar-refractivity contribution in [2.75, 3.05) is 9.80 Å². The lowest BCUT2D eigenvalue weighted by Crippen LogP contribution is -2.14. The zero-order valence-corrected chi connectivity index (χ0v) is 46.2. The van der Waals surface area contributed by atoms with Crippen molar-refractivity contribution in [1.29, 1.82) is 0 Å². The molecule has 0 aliphatic rings. The maximum Gasteiger partial charge on any atom is 0.0887 e. The number of anilines is 6. The van der Waals surface area contributed by atoms with E-state index in [4.69, 9.17) is 11.6 Å². The second-order valence-corrected chi connectivity index (χ2v) is 25.7. The SMILES string of the molecule is CC(C)(C)c1ccc2c(c1)c1cc(C(C)(C)C)cc3c4ccc(N(c5ccccc5)c5cccc(N(c6ccccc6)c6ccc7c8cc(C(C)(C)C)cc9c%10cc(C(C)(C)C)ccc%10n(c7c6)c98)c5Cl)cc4n2c13. The van der Waals surface area contributed by atoms with Gasteiger partial charge in [-0.1, -0.05) is 161 Å². The topological polar surface area (TPSA) is 15.3 Å². The van der Waals surface area contributed by atoms with Gasteiger partial charge in [0, 0.05) is 65.8 Å². The predicted octanol–water partition coefficient (Wildman–Crippen LogP) is 20.8. The van der Waals surface area contributed by atoms with Crippen LogP contribution in [0.1, 0.15) is 105 Å². The summed E-state index contributed by atoms with van der Waals surface area (Å²) in [4.78, 5) is 4.67. The lowest BCUT2D eigenvalue weighted by Gasteiger charge is -2.31. The minimum atomic E-state index is -0.0243. The Labute approximate surface area is 446 Å². The predicted molar refractivity (Wildman–Crippen MR) is 325 cm³/mol. The van der Waals surface area contributed by atoms with Crippen LogP contribution >= 0.6 is 11.6 Å². The summed E-state index contributed by atoms with van der Waals surface area (Å²) in [7, 11) is 0. The van der Waals surface area contributed by atoms with Crippen molar-refractivity contribution >= 4 is 122 Å². The lowest BCUT2D eigenvalue weighted by atomic mass is 9.84. The molecule has 372 valence electrons. The first-order valence-electron chi connectivity index (χ1n) is 26.7. The van der Waals surface area contributed by atoms with E-state index in [0.29, 0.717) is 5.02 Å². The second kappa shape index (κ2) is 16.2. The van der Waals surface area contributed by atoms with Crippen LogP contribution in [-0.2, 0) is 21.7 Å². The zero-order chi connectivity index (χ0) is 52.2. The lowest BCUT2D eigenvalue weighted by molar-refractivity contribution is 0.590. The molecular formula is C70H65ClN4. The van der Waals surface area contributed by atoms with Gasteiger partial charge in [0.15, 0.2) is 0 Å². The van der Waals surface area contributed by atoms with E-state index >= 15 is 0 Å². The Kier molecular flexibility index (Phi) is 10.2. The van der Waals surface area contributed by atoms with Crippen LogP contribution in [-0.4, -0.2) is 8.80 Å². The Balaban J connectivity index is 1.03. The summed E-state index contributed by atoms with van der Waals surface area (Å²) in [5, 5.41) is 10.9. The summed E-state index contributed by atoms with van der Waals surface area (Å²) in [6, 6.07) is 65.8. The van der Waals surface area contributed by atoms with Crippen molar-refractivity contribution in [3.05, 3.63) is 203 Å². The van der Waals surface area contributed by atoms with E-state index in [9.17, 15) is 0 Å². The van der Waals surface area contributed by atoms with E-state index in [1.165, 1.54) is 98.4 Å². The molecule has 13 rings (SSSR count). The van der Waals surface area contributed by atoms with E-state index in [2.05, 4.69) is 278 Å². The highest BCUT2D eigenvalue weighted by atomic mass is 35.5. The van der Waals surface area contributed by atoms with Gasteiger partial charge in [0.05, 0.1) is 49.5 Å². The molecule has 0 saturated carbocycles. The molecule has 75 heavy (non-hydrogen) atoms. The Morgan fingerprint density at radius 2 is 0.640 bits per heavy atom. The standard InChI is InChI=1S/C70H65ClN4/c1-67(2,3)42-26-32-58-52(34-42)56-38-44(69(7,8)9)36-54-50-30-28-48(40-62(50)74(58)65(54)56)72(46-20-15-13-16-21-46)60-24-19-25-61(64(60)71)73(47-22-17-14-18-23-47)49-29-31-51-55-37-45(70(10,11)12)39-57-53-35-43(68(4,5)6)27-33-59(53)75(66(55)57)63(51)41-49/h13-41H,1-12H3. The monoisotopic (exact) mass is 996 g/mol. The summed E-state index contributed by atoms with van der Waals surface area (Å²) in [6.07, 6.45) is 0. The number of halogens is 1. The van der Waals surface area contributed by atoms with Crippen LogP contribution < -0.4 is 9.80 Å². The van der Waals surface area contributed by atoms with Crippen molar-refractivity contribution in [2.24, 2.45) is 0 Å². The van der Waals surface area contributed by atoms with Crippen LogP contribution in [0.15, 0.2) is 176 Å². The molecule has 0 unspecified atom stereocenters. The molecule has 0 fully saturated rings. The number of nitrogens with zero attached hydrogens (tertiary/aromatic N) is 4. The summed E-state index contributed by atoms with van der Waals surface area (Å²) in [6.45, 7) is 27.8. The van der Waals surface area contributed by atoms with Gasteiger partial charge in [-0.05, 0) is 153 Å². The number of hydrogen-bond acceptors (Lipinski definition) is 2. The largest absolute Gasteiger partial charge is 0.309 e. The number of para-hydroxylation sites is 2. The minimum Gasteiger partial charge on any atom is -0.309 e. The third-order valence-electron chi connectivity index (χ3n) is 16.2. The van der Waals surface area contributed by atoms with Crippen LogP contribution in [0, 0.1) is 0 Å². The van der Waals surface area contributed by atoms with Crippen LogP contribution in [0.25, 0.3) is 76.2 Å². The van der Waals surface area contributed by atoms with Gasteiger partial charge in [0.1, 0.15) is 0 Å². The maximum atomic E-state index is 8.06. The Bertz CT molecular complexity index is 4110. The maximum absolute atomic E-state index is 8.06. The van der Waals surface area contributed by atoms with Crippen LogP contribution in [0.4, 0.5) is 34.1 Å². The molecular weight excluding hydrogens is 932 g/mol. The Morgan fingerprint density at radius 1 is 0.293 bits per heavy atom. The fourth-order valence-electron chi connectivity index (χ4n) is 12.0. The van der Waals surface area contributed by atoms with Gasteiger partial charge in [0.2, 0.25) is 0 Å². The van der Waals surface area contributed by atoms with Gasteiger partial charge in [-0.2, -0.15) is 0 Å². The van der Waals surface area contributed by atoms with Gasteiger partial charge < -0.3 is 18.6 Å². The highest BCUT2D eigenvalue weighted by molar-refractivity contribution is 6.37. The van der Waals surface area contributed by atoms with Crippen molar-refractivity contribution < 1.29 is 0 Å². The van der Waals surface area contributed by atoms with E-state index in [1.807, 2.05) is 0 Å². The third-order valence-corrected chi connectivity index (χ3v) is 16.6. The first-order chi connectivity index (χ1) is 35.6. The van der Waals surface area contributed by atoms with E-state index in [-0.39, 0.29) is 21.7 Å². The first-order valence-corrected chi connectivity index (χ1v) is 27.1. The van der Waals surface area contributed by atoms with Crippen LogP contribution in [0.2, 0.25) is 5.02 Å². The molecule has 0 saturated heterocycles.